The van der Waals surface area contributed by atoms with Gasteiger partial charge in [0.25, 0.3) is 0 Å². The van der Waals surface area contributed by atoms with Crippen molar-refractivity contribution in [1.82, 2.24) is 10.1 Å². The molecule has 0 saturated carbocycles. The van der Waals surface area contributed by atoms with E-state index in [0.717, 1.165) is 12.3 Å². The molecule has 0 atom stereocenters. The Morgan fingerprint density at radius 1 is 1.29 bits per heavy atom. The largest absolute Gasteiger partial charge is 0.338 e. The van der Waals surface area contributed by atoms with E-state index in [1.54, 1.807) is 11.8 Å². The van der Waals surface area contributed by atoms with E-state index in [0.29, 0.717) is 11.8 Å². The summed E-state index contributed by atoms with van der Waals surface area (Å²) < 4.78 is 5.03. The quantitative estimate of drug-likeness (QED) is 0.825. The van der Waals surface area contributed by atoms with Crippen LogP contribution in [0.1, 0.15) is 18.3 Å². The Kier molecular flexibility index (Phi) is 4.03. The van der Waals surface area contributed by atoms with Gasteiger partial charge in [0.1, 0.15) is 0 Å². The monoisotopic (exact) mass is 249 g/mol. The molecule has 0 saturated heterocycles. The third kappa shape index (κ3) is 3.49. The number of benzene rings is 1. The summed E-state index contributed by atoms with van der Waals surface area (Å²) in [6, 6.07) is 8.90. The number of nitrogens with zero attached hydrogens (tertiary/aromatic N) is 2. The van der Waals surface area contributed by atoms with E-state index in [2.05, 4.69) is 46.6 Å². The SMILES string of the molecule is CCNc1nc(CSc2ccc(C)cc2)no1. The molecule has 0 fully saturated rings. The first-order valence-electron chi connectivity index (χ1n) is 5.54. The van der Waals surface area contributed by atoms with Crippen LogP contribution in [0.2, 0.25) is 0 Å². The maximum Gasteiger partial charge on any atom is 0.321 e. The van der Waals surface area contributed by atoms with Gasteiger partial charge in [0, 0.05) is 11.4 Å². The Morgan fingerprint density at radius 3 is 2.76 bits per heavy atom. The molecule has 1 aromatic carbocycles. The number of hydrogen-bond donors (Lipinski definition) is 1. The smallest absolute Gasteiger partial charge is 0.321 e. The molecule has 4 nitrogen and oxygen atoms in total. The van der Waals surface area contributed by atoms with Crippen LogP contribution in [0, 0.1) is 6.92 Å². The topological polar surface area (TPSA) is 51.0 Å². The summed E-state index contributed by atoms with van der Waals surface area (Å²) >= 11 is 1.70. The molecular formula is C12H15N3OS. The molecule has 0 aliphatic carbocycles. The highest BCUT2D eigenvalue weighted by Crippen LogP contribution is 2.22. The molecule has 1 heterocycles. The van der Waals surface area contributed by atoms with Gasteiger partial charge in [0.15, 0.2) is 5.82 Å². The zero-order valence-electron chi connectivity index (χ0n) is 9.93. The van der Waals surface area contributed by atoms with Gasteiger partial charge in [0.05, 0.1) is 5.75 Å². The molecule has 0 unspecified atom stereocenters. The van der Waals surface area contributed by atoms with Crippen molar-refractivity contribution in [2.24, 2.45) is 0 Å². The summed E-state index contributed by atoms with van der Waals surface area (Å²) in [5.74, 6) is 1.43. The first kappa shape index (κ1) is 12.0. The Balaban J connectivity index is 1.90. The van der Waals surface area contributed by atoms with Gasteiger partial charge in [-0.2, -0.15) is 4.98 Å². The second-order valence-electron chi connectivity index (χ2n) is 3.65. The van der Waals surface area contributed by atoms with Crippen LogP contribution in [-0.2, 0) is 5.75 Å². The molecule has 17 heavy (non-hydrogen) atoms. The molecule has 2 rings (SSSR count). The van der Waals surface area contributed by atoms with Gasteiger partial charge in [-0.15, -0.1) is 11.8 Å². The average Bonchev–Trinajstić information content (AvgIpc) is 2.77. The Hall–Kier alpha value is -1.49. The molecule has 0 aliphatic rings. The molecule has 0 bridgehead atoms. The molecule has 1 N–H and O–H groups in total. The molecule has 0 aliphatic heterocycles. The third-order valence-electron chi connectivity index (χ3n) is 2.19. The van der Waals surface area contributed by atoms with Gasteiger partial charge < -0.3 is 9.84 Å². The van der Waals surface area contributed by atoms with Crippen molar-refractivity contribution in [2.75, 3.05) is 11.9 Å². The van der Waals surface area contributed by atoms with Gasteiger partial charge >= 0.3 is 6.01 Å². The lowest BCUT2D eigenvalue weighted by molar-refractivity contribution is 0.425. The number of aryl methyl sites for hydroxylation is 1. The average molecular weight is 249 g/mol. The summed E-state index contributed by atoms with van der Waals surface area (Å²) in [5.41, 5.74) is 1.27. The molecule has 0 radical (unpaired) electrons. The van der Waals surface area contributed by atoms with Crippen molar-refractivity contribution < 1.29 is 4.52 Å². The number of hydrogen-bond acceptors (Lipinski definition) is 5. The first-order valence-corrected chi connectivity index (χ1v) is 6.52. The lowest BCUT2D eigenvalue weighted by Gasteiger charge is -1.98. The standard InChI is InChI=1S/C12H15N3OS/c1-3-13-12-14-11(15-16-12)8-17-10-6-4-9(2)5-7-10/h4-7H,3,8H2,1-2H3,(H,13,14,15). The highest BCUT2D eigenvalue weighted by atomic mass is 32.2. The van der Waals surface area contributed by atoms with Crippen molar-refractivity contribution in [3.05, 3.63) is 35.7 Å². The van der Waals surface area contributed by atoms with Crippen molar-refractivity contribution >= 4 is 17.8 Å². The van der Waals surface area contributed by atoms with Crippen LogP contribution < -0.4 is 5.32 Å². The van der Waals surface area contributed by atoms with Gasteiger partial charge in [0.2, 0.25) is 0 Å². The molecule has 5 heteroatoms. The zero-order valence-corrected chi connectivity index (χ0v) is 10.8. The van der Waals surface area contributed by atoms with Crippen molar-refractivity contribution in [3.8, 4) is 0 Å². The molecule has 0 amide bonds. The van der Waals surface area contributed by atoms with Gasteiger partial charge in [-0.05, 0) is 26.0 Å². The van der Waals surface area contributed by atoms with E-state index >= 15 is 0 Å². The van der Waals surface area contributed by atoms with Crippen molar-refractivity contribution in [3.63, 3.8) is 0 Å². The Bertz CT molecular complexity index is 467. The number of aromatic nitrogens is 2. The fourth-order valence-corrected chi connectivity index (χ4v) is 2.06. The first-order chi connectivity index (χ1) is 8.28. The van der Waals surface area contributed by atoms with E-state index < -0.39 is 0 Å². The Labute approximate surface area is 105 Å². The maximum absolute atomic E-state index is 5.03. The fraction of sp³-hybridized carbons (Fsp3) is 0.333. The van der Waals surface area contributed by atoms with Gasteiger partial charge in [-0.25, -0.2) is 0 Å². The summed E-state index contributed by atoms with van der Waals surface area (Å²) in [6.07, 6.45) is 0. The Morgan fingerprint density at radius 2 is 2.06 bits per heavy atom. The molecule has 1 aromatic heterocycles. The van der Waals surface area contributed by atoms with Crippen LogP contribution >= 0.6 is 11.8 Å². The summed E-state index contributed by atoms with van der Waals surface area (Å²) in [7, 11) is 0. The zero-order chi connectivity index (χ0) is 12.1. The van der Waals surface area contributed by atoms with E-state index in [9.17, 15) is 0 Å². The van der Waals surface area contributed by atoms with Crippen LogP contribution in [0.25, 0.3) is 0 Å². The molecule has 90 valence electrons. The summed E-state index contributed by atoms with van der Waals surface area (Å²) in [6.45, 7) is 4.86. The predicted octanol–water partition coefficient (Wildman–Crippen LogP) is 3.10. The van der Waals surface area contributed by atoms with Crippen LogP contribution in [0.5, 0.6) is 0 Å². The normalized spacial score (nSPS) is 10.5. The molecule has 2 aromatic rings. The minimum Gasteiger partial charge on any atom is -0.338 e. The number of rotatable bonds is 5. The highest BCUT2D eigenvalue weighted by molar-refractivity contribution is 7.98. The van der Waals surface area contributed by atoms with Gasteiger partial charge in [-0.1, -0.05) is 22.9 Å². The number of thioether (sulfide) groups is 1. The van der Waals surface area contributed by atoms with Crippen molar-refractivity contribution in [1.29, 1.82) is 0 Å². The molecular weight excluding hydrogens is 234 g/mol. The van der Waals surface area contributed by atoms with Crippen LogP contribution in [-0.4, -0.2) is 16.7 Å². The second-order valence-corrected chi connectivity index (χ2v) is 4.70. The summed E-state index contributed by atoms with van der Waals surface area (Å²) in [5, 5.41) is 6.88. The lowest BCUT2D eigenvalue weighted by Crippen LogP contribution is -1.96. The minimum atomic E-state index is 0.493. The van der Waals surface area contributed by atoms with Crippen molar-refractivity contribution in [2.45, 2.75) is 24.5 Å². The van der Waals surface area contributed by atoms with Crippen LogP contribution in [0.15, 0.2) is 33.7 Å². The maximum atomic E-state index is 5.03. The second kappa shape index (κ2) is 5.72. The predicted molar refractivity (Wildman–Crippen MR) is 69.2 cm³/mol. The van der Waals surface area contributed by atoms with E-state index in [1.165, 1.54) is 10.5 Å². The van der Waals surface area contributed by atoms with E-state index in [-0.39, 0.29) is 0 Å². The van der Waals surface area contributed by atoms with Crippen LogP contribution in [0.3, 0.4) is 0 Å². The fourth-order valence-electron chi connectivity index (χ4n) is 1.32. The third-order valence-corrected chi connectivity index (χ3v) is 3.19. The number of nitrogens with one attached hydrogen (secondary N) is 1. The van der Waals surface area contributed by atoms with E-state index in [4.69, 9.17) is 4.52 Å². The minimum absolute atomic E-state index is 0.493. The lowest BCUT2D eigenvalue weighted by atomic mass is 10.2. The molecule has 0 spiro atoms. The summed E-state index contributed by atoms with van der Waals surface area (Å²) in [4.78, 5) is 5.44. The van der Waals surface area contributed by atoms with Gasteiger partial charge in [-0.3, -0.25) is 0 Å². The van der Waals surface area contributed by atoms with E-state index in [1.807, 2.05) is 6.92 Å². The highest BCUT2D eigenvalue weighted by Gasteiger charge is 2.05. The van der Waals surface area contributed by atoms with Crippen LogP contribution in [0.4, 0.5) is 6.01 Å². The number of anilines is 1.